The quantitative estimate of drug-likeness (QED) is 0.786. The molecule has 2 rings (SSSR count). The summed E-state index contributed by atoms with van der Waals surface area (Å²) in [5.74, 6) is 1.27. The van der Waals surface area contributed by atoms with Gasteiger partial charge in [0.05, 0.1) is 25.4 Å². The summed E-state index contributed by atoms with van der Waals surface area (Å²) in [7, 11) is 1.55. The minimum absolute atomic E-state index is 0.161. The second-order valence-electron chi connectivity index (χ2n) is 3.94. The van der Waals surface area contributed by atoms with E-state index in [4.69, 9.17) is 10.5 Å². The molecule has 0 aromatic carbocycles. The third-order valence-corrected chi connectivity index (χ3v) is 2.95. The van der Waals surface area contributed by atoms with Crippen molar-refractivity contribution < 1.29 is 9.84 Å². The van der Waals surface area contributed by atoms with Gasteiger partial charge in [-0.2, -0.15) is 4.98 Å². The molecule has 1 aliphatic rings. The van der Waals surface area contributed by atoms with Crippen molar-refractivity contribution in [2.45, 2.75) is 18.9 Å². The summed E-state index contributed by atoms with van der Waals surface area (Å²) < 4.78 is 5.09. The van der Waals surface area contributed by atoms with Gasteiger partial charge < -0.3 is 20.5 Å². The van der Waals surface area contributed by atoms with Crippen molar-refractivity contribution in [2.75, 3.05) is 30.9 Å². The van der Waals surface area contributed by atoms with E-state index in [9.17, 15) is 5.11 Å². The SMILES string of the molecule is COc1nc(N2CCCC2CO)ccc1N. The fourth-order valence-electron chi connectivity index (χ4n) is 2.09. The van der Waals surface area contributed by atoms with Crippen LogP contribution >= 0.6 is 0 Å². The second kappa shape index (κ2) is 4.57. The van der Waals surface area contributed by atoms with Gasteiger partial charge in [0.1, 0.15) is 5.82 Å². The van der Waals surface area contributed by atoms with Crippen LogP contribution in [0.25, 0.3) is 0 Å². The molecule has 0 saturated carbocycles. The van der Waals surface area contributed by atoms with E-state index < -0.39 is 0 Å². The first-order valence-corrected chi connectivity index (χ1v) is 5.44. The summed E-state index contributed by atoms with van der Waals surface area (Å²) in [6.45, 7) is 1.08. The maximum atomic E-state index is 9.25. The predicted octanol–water partition coefficient (Wildman–Crippen LogP) is 0.633. The maximum absolute atomic E-state index is 9.25. The molecule has 1 saturated heterocycles. The lowest BCUT2D eigenvalue weighted by Gasteiger charge is -2.24. The van der Waals surface area contributed by atoms with E-state index in [2.05, 4.69) is 9.88 Å². The van der Waals surface area contributed by atoms with Gasteiger partial charge in [0.2, 0.25) is 5.88 Å². The molecule has 1 aromatic rings. The van der Waals surface area contributed by atoms with Crippen molar-refractivity contribution >= 4 is 11.5 Å². The Hall–Kier alpha value is -1.49. The van der Waals surface area contributed by atoms with Crippen molar-refractivity contribution in [3.63, 3.8) is 0 Å². The number of nitrogens with zero attached hydrogens (tertiary/aromatic N) is 2. The molecule has 16 heavy (non-hydrogen) atoms. The van der Waals surface area contributed by atoms with Gasteiger partial charge in [-0.05, 0) is 25.0 Å². The molecule has 1 aliphatic heterocycles. The summed E-state index contributed by atoms with van der Waals surface area (Å²) in [5.41, 5.74) is 6.24. The van der Waals surface area contributed by atoms with Crippen LogP contribution in [0.5, 0.6) is 5.88 Å². The highest BCUT2D eigenvalue weighted by atomic mass is 16.5. The summed E-state index contributed by atoms with van der Waals surface area (Å²) in [5, 5.41) is 9.25. The van der Waals surface area contributed by atoms with E-state index in [1.54, 1.807) is 13.2 Å². The Morgan fingerprint density at radius 1 is 1.62 bits per heavy atom. The van der Waals surface area contributed by atoms with Crippen molar-refractivity contribution in [1.29, 1.82) is 0 Å². The molecule has 0 aliphatic carbocycles. The molecular formula is C11H17N3O2. The van der Waals surface area contributed by atoms with Crippen molar-refractivity contribution in [3.05, 3.63) is 12.1 Å². The molecule has 0 radical (unpaired) electrons. The van der Waals surface area contributed by atoms with Gasteiger partial charge in [-0.15, -0.1) is 0 Å². The molecule has 88 valence electrons. The number of ether oxygens (including phenoxy) is 1. The molecule has 0 bridgehead atoms. The number of aliphatic hydroxyl groups is 1. The van der Waals surface area contributed by atoms with Crippen LogP contribution in [-0.4, -0.2) is 36.4 Å². The minimum Gasteiger partial charge on any atom is -0.479 e. The highest BCUT2D eigenvalue weighted by Crippen LogP contribution is 2.27. The second-order valence-corrected chi connectivity index (χ2v) is 3.94. The number of methoxy groups -OCH3 is 1. The molecule has 1 aromatic heterocycles. The van der Waals surface area contributed by atoms with Gasteiger partial charge in [0.25, 0.3) is 0 Å². The molecule has 5 nitrogen and oxygen atoms in total. The first kappa shape index (κ1) is 11.0. The lowest BCUT2D eigenvalue weighted by Crippen LogP contribution is -2.32. The number of nitrogen functional groups attached to an aromatic ring is 1. The van der Waals surface area contributed by atoms with Crippen LogP contribution in [0.3, 0.4) is 0 Å². The number of rotatable bonds is 3. The monoisotopic (exact) mass is 223 g/mol. The van der Waals surface area contributed by atoms with Gasteiger partial charge in [-0.25, -0.2) is 0 Å². The van der Waals surface area contributed by atoms with Crippen LogP contribution in [0.1, 0.15) is 12.8 Å². The molecule has 2 heterocycles. The summed E-state index contributed by atoms with van der Waals surface area (Å²) >= 11 is 0. The Labute approximate surface area is 94.8 Å². The molecule has 0 spiro atoms. The van der Waals surface area contributed by atoms with Gasteiger partial charge >= 0.3 is 0 Å². The molecule has 1 atom stereocenters. The molecule has 5 heteroatoms. The zero-order chi connectivity index (χ0) is 11.5. The third-order valence-electron chi connectivity index (χ3n) is 2.95. The van der Waals surface area contributed by atoms with Crippen LogP contribution in [0.4, 0.5) is 11.5 Å². The summed E-state index contributed by atoms with van der Waals surface area (Å²) in [4.78, 5) is 6.44. The summed E-state index contributed by atoms with van der Waals surface area (Å²) in [6.07, 6.45) is 2.09. The number of hydrogen-bond acceptors (Lipinski definition) is 5. The Morgan fingerprint density at radius 2 is 2.44 bits per heavy atom. The number of nitrogens with two attached hydrogens (primary N) is 1. The number of anilines is 2. The molecule has 3 N–H and O–H groups in total. The average molecular weight is 223 g/mol. The normalized spacial score (nSPS) is 20.1. The topological polar surface area (TPSA) is 71.6 Å². The maximum Gasteiger partial charge on any atom is 0.238 e. The average Bonchev–Trinajstić information content (AvgIpc) is 2.78. The Kier molecular flexibility index (Phi) is 3.14. The molecular weight excluding hydrogens is 206 g/mol. The number of pyridine rings is 1. The molecule has 1 fully saturated rings. The lowest BCUT2D eigenvalue weighted by atomic mass is 10.2. The highest BCUT2D eigenvalue weighted by Gasteiger charge is 2.25. The van der Waals surface area contributed by atoms with E-state index in [1.807, 2.05) is 6.07 Å². The van der Waals surface area contributed by atoms with E-state index >= 15 is 0 Å². The van der Waals surface area contributed by atoms with Crippen molar-refractivity contribution in [3.8, 4) is 5.88 Å². The highest BCUT2D eigenvalue weighted by molar-refractivity contribution is 5.55. The molecule has 1 unspecified atom stereocenters. The first-order valence-electron chi connectivity index (χ1n) is 5.44. The standard InChI is InChI=1S/C11H17N3O2/c1-16-11-9(12)4-5-10(13-11)14-6-2-3-8(14)7-15/h4-5,8,15H,2-3,6-7,12H2,1H3. The zero-order valence-corrected chi connectivity index (χ0v) is 9.39. The van der Waals surface area contributed by atoms with Crippen LogP contribution in [0, 0.1) is 0 Å². The van der Waals surface area contributed by atoms with Gasteiger partial charge in [-0.1, -0.05) is 0 Å². The zero-order valence-electron chi connectivity index (χ0n) is 9.39. The summed E-state index contributed by atoms with van der Waals surface area (Å²) in [6, 6.07) is 3.82. The Balaban J connectivity index is 2.26. The number of aliphatic hydroxyl groups excluding tert-OH is 1. The van der Waals surface area contributed by atoms with Crippen LogP contribution in [0.2, 0.25) is 0 Å². The largest absolute Gasteiger partial charge is 0.479 e. The van der Waals surface area contributed by atoms with Crippen molar-refractivity contribution in [2.24, 2.45) is 0 Å². The van der Waals surface area contributed by atoms with E-state index in [1.165, 1.54) is 0 Å². The number of aromatic nitrogens is 1. The van der Waals surface area contributed by atoms with Gasteiger partial charge in [0, 0.05) is 6.54 Å². The third kappa shape index (κ3) is 1.90. The van der Waals surface area contributed by atoms with E-state index in [0.29, 0.717) is 11.6 Å². The van der Waals surface area contributed by atoms with Crippen LogP contribution in [0.15, 0.2) is 12.1 Å². The lowest BCUT2D eigenvalue weighted by molar-refractivity contribution is 0.266. The minimum atomic E-state index is 0.161. The first-order chi connectivity index (χ1) is 7.76. The smallest absolute Gasteiger partial charge is 0.238 e. The van der Waals surface area contributed by atoms with Crippen LogP contribution < -0.4 is 15.4 Å². The predicted molar refractivity (Wildman–Crippen MR) is 62.7 cm³/mol. The Morgan fingerprint density at radius 3 is 3.12 bits per heavy atom. The Bertz CT molecular complexity index is 370. The van der Waals surface area contributed by atoms with Crippen LogP contribution in [-0.2, 0) is 0 Å². The molecule has 0 amide bonds. The fourth-order valence-corrected chi connectivity index (χ4v) is 2.09. The van der Waals surface area contributed by atoms with E-state index in [0.717, 1.165) is 25.2 Å². The van der Waals surface area contributed by atoms with Gasteiger partial charge in [0.15, 0.2) is 0 Å². The van der Waals surface area contributed by atoms with Gasteiger partial charge in [-0.3, -0.25) is 0 Å². The van der Waals surface area contributed by atoms with E-state index in [-0.39, 0.29) is 12.6 Å². The van der Waals surface area contributed by atoms with Crippen molar-refractivity contribution in [1.82, 2.24) is 4.98 Å². The number of hydrogen-bond donors (Lipinski definition) is 2. The fraction of sp³-hybridized carbons (Fsp3) is 0.545.